The summed E-state index contributed by atoms with van der Waals surface area (Å²) >= 11 is 0. The predicted molar refractivity (Wildman–Crippen MR) is 186 cm³/mol. The van der Waals surface area contributed by atoms with E-state index in [1.54, 1.807) is 6.92 Å². The number of nitrogens with one attached hydrogen (secondary N) is 5. The van der Waals surface area contributed by atoms with Gasteiger partial charge in [0.2, 0.25) is 35.3 Å². The van der Waals surface area contributed by atoms with Gasteiger partial charge in [-0.25, -0.2) is 0 Å². The minimum Gasteiger partial charge on any atom is -0.370 e. The van der Waals surface area contributed by atoms with Crippen LogP contribution in [0.3, 0.4) is 0 Å². The third-order valence-corrected chi connectivity index (χ3v) is 8.76. The number of hydrogen-bond acceptors (Lipinski definition) is 9. The van der Waals surface area contributed by atoms with Gasteiger partial charge in [0.1, 0.15) is 24.2 Å². The van der Waals surface area contributed by atoms with Gasteiger partial charge in [-0.1, -0.05) is 71.4 Å². The molecule has 280 valence electrons. The van der Waals surface area contributed by atoms with Crippen LogP contribution < -0.4 is 43.8 Å². The Bertz CT molecular complexity index is 1290. The Morgan fingerprint density at radius 1 is 0.900 bits per heavy atom. The Labute approximate surface area is 293 Å². The third-order valence-electron chi connectivity index (χ3n) is 8.76. The highest BCUT2D eigenvalue weighted by Crippen LogP contribution is 2.27. The van der Waals surface area contributed by atoms with E-state index < -0.39 is 66.2 Å². The normalized spacial score (nSPS) is 16.2. The number of hydrogen-bond donors (Lipinski definition) is 8. The first-order valence-electron chi connectivity index (χ1n) is 17.5. The largest absolute Gasteiger partial charge is 0.370 e. The molecular weight excluding hydrogens is 648 g/mol. The van der Waals surface area contributed by atoms with E-state index in [0.717, 1.165) is 32.1 Å². The van der Waals surface area contributed by atoms with Crippen LogP contribution in [0.25, 0.3) is 0 Å². The van der Waals surface area contributed by atoms with E-state index in [9.17, 15) is 28.8 Å². The molecule has 1 fully saturated rings. The fraction of sp³-hybridized carbons (Fsp3) is 0.697. The summed E-state index contributed by atoms with van der Waals surface area (Å²) in [5.74, 6) is -3.95. The number of rotatable bonds is 21. The van der Waals surface area contributed by atoms with E-state index in [1.807, 2.05) is 20.8 Å². The Morgan fingerprint density at radius 3 is 2.16 bits per heavy atom. The minimum absolute atomic E-state index is 0.0398. The van der Waals surface area contributed by atoms with Gasteiger partial charge in [0.25, 0.3) is 5.91 Å². The smallest absolute Gasteiger partial charge is 0.290 e. The summed E-state index contributed by atoms with van der Waals surface area (Å²) in [6.07, 6.45) is 8.07. The summed E-state index contributed by atoms with van der Waals surface area (Å²) in [6, 6.07) is -2.59. The molecule has 6 amide bonds. The summed E-state index contributed by atoms with van der Waals surface area (Å²) in [5.41, 5.74) is 16.3. The number of aromatic nitrogens is 1. The molecule has 50 heavy (non-hydrogen) atoms. The lowest BCUT2D eigenvalue weighted by atomic mass is 9.84. The zero-order valence-corrected chi connectivity index (χ0v) is 29.7. The maximum absolute atomic E-state index is 13.7. The van der Waals surface area contributed by atoms with Crippen LogP contribution in [0.5, 0.6) is 0 Å². The SMILES string of the molecule is CC[C@H](C)[C@H](NC(=O)C(CC1CCCCC1)NC(=O)c1ccno1)C(=O)NCC(=O)N[C@@H](CCCN=C(N)N)C(=O)N[C@@H](CC(C)C)C(N)=O. The van der Waals surface area contributed by atoms with Crippen molar-refractivity contribution in [3.63, 3.8) is 0 Å². The lowest BCUT2D eigenvalue weighted by Crippen LogP contribution is -2.57. The number of carbonyl (C=O) groups is 6. The van der Waals surface area contributed by atoms with Crippen molar-refractivity contribution in [2.45, 2.75) is 116 Å². The molecule has 1 aromatic rings. The molecule has 0 bridgehead atoms. The van der Waals surface area contributed by atoms with Crippen LogP contribution in [0.15, 0.2) is 21.8 Å². The molecule has 2 rings (SSSR count). The van der Waals surface area contributed by atoms with Gasteiger partial charge in [-0.15, -0.1) is 0 Å². The molecule has 1 unspecified atom stereocenters. The zero-order valence-electron chi connectivity index (χ0n) is 29.7. The van der Waals surface area contributed by atoms with Crippen molar-refractivity contribution in [1.29, 1.82) is 0 Å². The number of primary amides is 1. The van der Waals surface area contributed by atoms with Gasteiger partial charge >= 0.3 is 0 Å². The fourth-order valence-corrected chi connectivity index (χ4v) is 5.79. The number of nitrogens with zero attached hydrogens (tertiary/aromatic N) is 2. The van der Waals surface area contributed by atoms with Gasteiger partial charge in [0, 0.05) is 12.6 Å². The highest BCUT2D eigenvalue weighted by atomic mass is 16.5. The maximum Gasteiger partial charge on any atom is 0.290 e. The monoisotopic (exact) mass is 704 g/mol. The minimum atomic E-state index is -1.08. The second kappa shape index (κ2) is 21.4. The third kappa shape index (κ3) is 14.8. The lowest BCUT2D eigenvalue weighted by Gasteiger charge is -2.29. The Morgan fingerprint density at radius 2 is 1.58 bits per heavy atom. The molecule has 5 atom stereocenters. The average molecular weight is 705 g/mol. The van der Waals surface area contributed by atoms with Crippen LogP contribution in [-0.2, 0) is 24.0 Å². The quantitative estimate of drug-likeness (QED) is 0.0480. The maximum atomic E-state index is 13.7. The molecule has 0 spiro atoms. The van der Waals surface area contributed by atoms with E-state index in [0.29, 0.717) is 25.7 Å². The molecule has 11 N–H and O–H groups in total. The van der Waals surface area contributed by atoms with Crippen LogP contribution in [0.2, 0.25) is 0 Å². The summed E-state index contributed by atoms with van der Waals surface area (Å²) in [7, 11) is 0. The number of aliphatic imine (C=N–C) groups is 1. The fourth-order valence-electron chi connectivity index (χ4n) is 5.79. The van der Waals surface area contributed by atoms with Gasteiger partial charge in [0.05, 0.1) is 12.7 Å². The standard InChI is InChI=1S/C33H56N10O7/c1-5-20(4)27(43-30(47)24(17-21-10-7-6-8-11-21)42-31(48)25-13-15-39-50-25)32(49)38-18-26(44)40-22(12-9-14-37-33(35)36)29(46)41-23(28(34)45)16-19(2)3/h13,15,19-24,27H,5-12,14,16-18H2,1-4H3,(H2,34,45)(H,38,49)(H,40,44)(H,41,46)(H,42,48)(H,43,47)(H4,35,36,37)/t20-,22-,23-,24?,27-/m0/s1. The van der Waals surface area contributed by atoms with Crippen molar-refractivity contribution < 1.29 is 33.3 Å². The molecule has 0 saturated heterocycles. The van der Waals surface area contributed by atoms with Gasteiger partial charge in [-0.2, -0.15) is 0 Å². The second-order valence-corrected chi connectivity index (χ2v) is 13.4. The van der Waals surface area contributed by atoms with E-state index in [1.165, 1.54) is 12.3 Å². The predicted octanol–water partition coefficient (Wildman–Crippen LogP) is -0.0549. The highest BCUT2D eigenvalue weighted by molar-refractivity contribution is 5.97. The number of guanidine groups is 1. The van der Waals surface area contributed by atoms with Crippen LogP contribution in [0.1, 0.15) is 102 Å². The molecule has 17 heteroatoms. The lowest BCUT2D eigenvalue weighted by molar-refractivity contribution is -0.133. The molecule has 0 aliphatic heterocycles. The van der Waals surface area contributed by atoms with Crippen molar-refractivity contribution >= 4 is 41.4 Å². The van der Waals surface area contributed by atoms with Gasteiger partial charge in [-0.05, 0) is 43.4 Å². The first-order valence-corrected chi connectivity index (χ1v) is 17.5. The molecule has 0 aromatic carbocycles. The van der Waals surface area contributed by atoms with Crippen molar-refractivity contribution in [3.8, 4) is 0 Å². The first-order chi connectivity index (χ1) is 23.7. The van der Waals surface area contributed by atoms with Crippen LogP contribution in [-0.4, -0.2) is 83.8 Å². The number of carbonyl (C=O) groups excluding carboxylic acids is 6. The molecule has 17 nitrogen and oxygen atoms in total. The summed E-state index contributed by atoms with van der Waals surface area (Å²) in [4.78, 5) is 82.0. The molecule has 0 radical (unpaired) electrons. The van der Waals surface area contributed by atoms with Crippen molar-refractivity contribution in [3.05, 3.63) is 18.0 Å². The Kier molecular flexibility index (Phi) is 17.7. The van der Waals surface area contributed by atoms with E-state index in [-0.39, 0.29) is 42.4 Å². The van der Waals surface area contributed by atoms with Crippen LogP contribution in [0, 0.1) is 17.8 Å². The summed E-state index contributed by atoms with van der Waals surface area (Å²) < 4.78 is 4.96. The van der Waals surface area contributed by atoms with Crippen molar-refractivity contribution in [2.24, 2.45) is 39.9 Å². The zero-order chi connectivity index (χ0) is 37.2. The number of nitrogens with two attached hydrogens (primary N) is 3. The van der Waals surface area contributed by atoms with Gasteiger partial charge in [-0.3, -0.25) is 33.8 Å². The van der Waals surface area contributed by atoms with E-state index in [4.69, 9.17) is 21.7 Å². The first kappa shape index (κ1) is 41.5. The second-order valence-electron chi connectivity index (χ2n) is 13.4. The highest BCUT2D eigenvalue weighted by Gasteiger charge is 2.33. The number of amides is 6. The molecular formula is C33H56N10O7. The van der Waals surface area contributed by atoms with Gasteiger partial charge in [0.15, 0.2) is 5.96 Å². The molecule has 1 aliphatic rings. The molecule has 1 heterocycles. The topological polar surface area (TPSA) is 279 Å². The Hall–Kier alpha value is -4.70. The Balaban J connectivity index is 2.12. The summed E-state index contributed by atoms with van der Waals surface area (Å²) in [6.45, 7) is 7.09. The summed E-state index contributed by atoms with van der Waals surface area (Å²) in [5, 5.41) is 16.9. The van der Waals surface area contributed by atoms with Crippen LogP contribution in [0.4, 0.5) is 0 Å². The van der Waals surface area contributed by atoms with Gasteiger partial charge < -0.3 is 48.3 Å². The van der Waals surface area contributed by atoms with E-state index in [2.05, 4.69) is 36.7 Å². The van der Waals surface area contributed by atoms with Crippen molar-refractivity contribution in [2.75, 3.05) is 13.1 Å². The van der Waals surface area contributed by atoms with E-state index >= 15 is 0 Å². The van der Waals surface area contributed by atoms with Crippen molar-refractivity contribution in [1.82, 2.24) is 31.7 Å². The van der Waals surface area contributed by atoms with Crippen LogP contribution >= 0.6 is 0 Å². The molecule has 1 saturated carbocycles. The average Bonchev–Trinajstić information content (AvgIpc) is 3.62. The molecule has 1 aliphatic carbocycles. The molecule has 1 aromatic heterocycles.